The topological polar surface area (TPSA) is 15.3 Å². The van der Waals surface area contributed by atoms with Crippen molar-refractivity contribution in [3.63, 3.8) is 0 Å². The van der Waals surface area contributed by atoms with Gasteiger partial charge in [0.05, 0.1) is 4.99 Å². The molecular formula is C17H24N2S. The van der Waals surface area contributed by atoms with Gasteiger partial charge in [-0.2, -0.15) is 0 Å². The summed E-state index contributed by atoms with van der Waals surface area (Å²) in [5.74, 6) is 0.545. The molecule has 1 aliphatic heterocycles. The molecule has 1 N–H and O–H groups in total. The maximum atomic E-state index is 5.70. The van der Waals surface area contributed by atoms with Gasteiger partial charge in [-0.3, -0.25) is 4.90 Å². The van der Waals surface area contributed by atoms with Gasteiger partial charge in [-0.1, -0.05) is 43.3 Å². The van der Waals surface area contributed by atoms with Gasteiger partial charge in [-0.05, 0) is 50.9 Å². The number of nitrogens with one attached hydrogen (secondary N) is 1. The van der Waals surface area contributed by atoms with E-state index in [2.05, 4.69) is 34.5 Å². The third-order valence-electron chi connectivity index (χ3n) is 4.72. The Morgan fingerprint density at radius 3 is 2.50 bits per heavy atom. The predicted molar refractivity (Wildman–Crippen MR) is 89.2 cm³/mol. The number of nitrogens with zero attached hydrogens (tertiary/aromatic N) is 1. The van der Waals surface area contributed by atoms with Crippen LogP contribution in [0.4, 0.5) is 5.69 Å². The van der Waals surface area contributed by atoms with E-state index < -0.39 is 0 Å². The molecule has 2 aliphatic rings. The Morgan fingerprint density at radius 2 is 1.75 bits per heavy atom. The van der Waals surface area contributed by atoms with E-state index >= 15 is 0 Å². The van der Waals surface area contributed by atoms with Crippen LogP contribution in [0, 0.1) is 5.92 Å². The normalized spacial score (nSPS) is 27.4. The predicted octanol–water partition coefficient (Wildman–Crippen LogP) is 4.08. The molecule has 1 saturated carbocycles. The van der Waals surface area contributed by atoms with Crippen LogP contribution in [0.25, 0.3) is 0 Å². The lowest BCUT2D eigenvalue weighted by Crippen LogP contribution is -2.44. The van der Waals surface area contributed by atoms with Gasteiger partial charge in [0.25, 0.3) is 0 Å². The monoisotopic (exact) mass is 288 g/mol. The Kier molecular flexibility index (Phi) is 4.69. The molecule has 108 valence electrons. The van der Waals surface area contributed by atoms with E-state index in [0.717, 1.165) is 10.7 Å². The summed E-state index contributed by atoms with van der Waals surface area (Å²) in [4.78, 5) is 3.74. The molecule has 2 fully saturated rings. The van der Waals surface area contributed by atoms with Crippen molar-refractivity contribution in [3.05, 3.63) is 30.3 Å². The molecule has 0 amide bonds. The molecule has 2 atom stereocenters. The zero-order chi connectivity index (χ0) is 13.8. The fourth-order valence-corrected chi connectivity index (χ4v) is 4.08. The van der Waals surface area contributed by atoms with E-state index in [0.29, 0.717) is 12.0 Å². The number of thiocarbonyl (C=S) groups is 1. The second kappa shape index (κ2) is 6.68. The lowest BCUT2D eigenvalue weighted by atomic mass is 9.99. The molecule has 3 rings (SSSR count). The van der Waals surface area contributed by atoms with Crippen molar-refractivity contribution in [2.75, 3.05) is 18.4 Å². The average molecular weight is 288 g/mol. The van der Waals surface area contributed by atoms with E-state index in [-0.39, 0.29) is 0 Å². The largest absolute Gasteiger partial charge is 0.350 e. The van der Waals surface area contributed by atoms with E-state index in [4.69, 9.17) is 12.2 Å². The molecule has 0 unspecified atom stereocenters. The molecule has 1 aromatic rings. The molecule has 1 saturated heterocycles. The van der Waals surface area contributed by atoms with Crippen LogP contribution < -0.4 is 5.32 Å². The molecule has 1 aromatic carbocycles. The van der Waals surface area contributed by atoms with Crippen LogP contribution in [0.3, 0.4) is 0 Å². The first kappa shape index (κ1) is 14.0. The fourth-order valence-electron chi connectivity index (χ4n) is 3.69. The quantitative estimate of drug-likeness (QED) is 0.844. The summed E-state index contributed by atoms with van der Waals surface area (Å²) in [6.45, 7) is 2.55. The summed E-state index contributed by atoms with van der Waals surface area (Å²) < 4.78 is 0. The highest BCUT2D eigenvalue weighted by Crippen LogP contribution is 2.33. The summed E-state index contributed by atoms with van der Waals surface area (Å²) in [5, 5.41) is 3.46. The van der Waals surface area contributed by atoms with Gasteiger partial charge in [0.15, 0.2) is 0 Å². The van der Waals surface area contributed by atoms with Crippen LogP contribution in [0.5, 0.6) is 0 Å². The van der Waals surface area contributed by atoms with E-state index in [9.17, 15) is 0 Å². The van der Waals surface area contributed by atoms with E-state index in [1.807, 2.05) is 6.07 Å². The molecule has 0 bridgehead atoms. The first-order chi connectivity index (χ1) is 9.84. The van der Waals surface area contributed by atoms with Crippen molar-refractivity contribution in [1.29, 1.82) is 0 Å². The van der Waals surface area contributed by atoms with Crippen molar-refractivity contribution >= 4 is 22.9 Å². The Labute approximate surface area is 127 Å². The first-order valence-corrected chi connectivity index (χ1v) is 8.35. The Balaban J connectivity index is 1.64. The molecule has 20 heavy (non-hydrogen) atoms. The van der Waals surface area contributed by atoms with Crippen LogP contribution in [0.15, 0.2) is 30.3 Å². The van der Waals surface area contributed by atoms with Gasteiger partial charge in [0.2, 0.25) is 0 Å². The van der Waals surface area contributed by atoms with Gasteiger partial charge >= 0.3 is 0 Å². The number of anilines is 1. The number of rotatable bonds is 3. The van der Waals surface area contributed by atoms with Crippen LogP contribution in [-0.2, 0) is 0 Å². The number of hydrogen-bond acceptors (Lipinski definition) is 2. The second-order valence-corrected chi connectivity index (χ2v) is 6.50. The maximum Gasteiger partial charge on any atom is 0.0844 e. The smallest absolute Gasteiger partial charge is 0.0844 e. The molecule has 0 radical (unpaired) electrons. The second-order valence-electron chi connectivity index (χ2n) is 6.06. The summed E-state index contributed by atoms with van der Waals surface area (Å²) in [6, 6.07) is 11.0. The zero-order valence-corrected chi connectivity index (χ0v) is 12.9. The minimum absolute atomic E-state index is 0.545. The van der Waals surface area contributed by atoms with Crippen molar-refractivity contribution in [2.24, 2.45) is 5.92 Å². The lowest BCUT2D eigenvalue weighted by molar-refractivity contribution is 0.151. The van der Waals surface area contributed by atoms with Gasteiger partial charge in [0.1, 0.15) is 0 Å². The fraction of sp³-hybridized carbons (Fsp3) is 0.588. The molecule has 1 heterocycles. The number of hydrogen-bond donors (Lipinski definition) is 1. The summed E-state index contributed by atoms with van der Waals surface area (Å²) >= 11 is 5.70. The first-order valence-electron chi connectivity index (χ1n) is 7.94. The number of para-hydroxylation sites is 1. The molecule has 3 heteroatoms. The maximum absolute atomic E-state index is 5.70. The van der Waals surface area contributed by atoms with Crippen molar-refractivity contribution in [1.82, 2.24) is 4.90 Å². The minimum Gasteiger partial charge on any atom is -0.350 e. The van der Waals surface area contributed by atoms with E-state index in [1.54, 1.807) is 0 Å². The SMILES string of the molecule is S=C(Nc1ccccc1)[C@H]1CCC[C@H]1N1CCCCC1. The zero-order valence-electron chi connectivity index (χ0n) is 12.1. The highest BCUT2D eigenvalue weighted by molar-refractivity contribution is 7.80. The van der Waals surface area contributed by atoms with Crippen molar-refractivity contribution < 1.29 is 0 Å². The summed E-state index contributed by atoms with van der Waals surface area (Å²) in [7, 11) is 0. The Bertz CT molecular complexity index is 440. The molecule has 1 aliphatic carbocycles. The third kappa shape index (κ3) is 3.21. The number of likely N-dealkylation sites (tertiary alicyclic amines) is 1. The Hall–Kier alpha value is -0.930. The van der Waals surface area contributed by atoms with Crippen LogP contribution >= 0.6 is 12.2 Å². The minimum atomic E-state index is 0.545. The molecule has 0 aromatic heterocycles. The number of piperidine rings is 1. The van der Waals surface area contributed by atoms with Crippen molar-refractivity contribution in [2.45, 2.75) is 44.6 Å². The van der Waals surface area contributed by atoms with Gasteiger partial charge in [0, 0.05) is 17.6 Å². The van der Waals surface area contributed by atoms with Gasteiger partial charge in [-0.15, -0.1) is 0 Å². The third-order valence-corrected chi connectivity index (χ3v) is 5.12. The average Bonchev–Trinajstić information content (AvgIpc) is 2.99. The summed E-state index contributed by atoms with van der Waals surface area (Å²) in [5.41, 5.74) is 1.13. The number of benzene rings is 1. The molecule has 2 nitrogen and oxygen atoms in total. The van der Waals surface area contributed by atoms with Gasteiger partial charge < -0.3 is 5.32 Å². The molecular weight excluding hydrogens is 264 g/mol. The standard InChI is InChI=1S/C17H24N2S/c20-17(18-14-8-3-1-4-9-14)15-10-7-11-16(15)19-12-5-2-6-13-19/h1,3-4,8-9,15-16H,2,5-7,10-13H2,(H,18,20)/t15-,16+/m0/s1. The highest BCUT2D eigenvalue weighted by atomic mass is 32.1. The van der Waals surface area contributed by atoms with Crippen LogP contribution in [0.1, 0.15) is 38.5 Å². The molecule has 0 spiro atoms. The highest BCUT2D eigenvalue weighted by Gasteiger charge is 2.35. The van der Waals surface area contributed by atoms with E-state index in [1.165, 1.54) is 51.6 Å². The Morgan fingerprint density at radius 1 is 1.00 bits per heavy atom. The van der Waals surface area contributed by atoms with Crippen LogP contribution in [-0.4, -0.2) is 29.0 Å². The summed E-state index contributed by atoms with van der Waals surface area (Å²) in [6.07, 6.45) is 8.02. The van der Waals surface area contributed by atoms with Crippen molar-refractivity contribution in [3.8, 4) is 0 Å². The lowest BCUT2D eigenvalue weighted by Gasteiger charge is -2.36. The van der Waals surface area contributed by atoms with Gasteiger partial charge in [-0.25, -0.2) is 0 Å². The van der Waals surface area contributed by atoms with Crippen LogP contribution in [0.2, 0.25) is 0 Å².